The Labute approximate surface area is 89.0 Å². The van der Waals surface area contributed by atoms with Crippen LogP contribution in [0.4, 0.5) is 0 Å². The number of nitrogens with zero attached hydrogens (tertiary/aromatic N) is 1. The maximum atomic E-state index is 11.5. The van der Waals surface area contributed by atoms with Gasteiger partial charge in [0.05, 0.1) is 6.54 Å². The summed E-state index contributed by atoms with van der Waals surface area (Å²) >= 11 is 0. The maximum Gasteiger partial charge on any atom is 0.265 e. The van der Waals surface area contributed by atoms with E-state index in [1.54, 1.807) is 11.0 Å². The largest absolute Gasteiger partial charge is 0.479 e. The van der Waals surface area contributed by atoms with Crippen molar-refractivity contribution in [3.05, 3.63) is 43.0 Å². The first kappa shape index (κ1) is 9.77. The maximum absolute atomic E-state index is 11.5. The van der Waals surface area contributed by atoms with Gasteiger partial charge in [-0.15, -0.1) is 6.58 Å². The second kappa shape index (κ2) is 4.17. The normalized spacial score (nSPS) is 19.6. The van der Waals surface area contributed by atoms with Gasteiger partial charge >= 0.3 is 0 Å². The Morgan fingerprint density at radius 1 is 1.47 bits per heavy atom. The molecule has 1 aromatic carbocycles. The molecule has 0 spiro atoms. The van der Waals surface area contributed by atoms with Crippen molar-refractivity contribution in [2.24, 2.45) is 0 Å². The average molecular weight is 203 g/mol. The molecule has 0 N–H and O–H groups in total. The van der Waals surface area contributed by atoms with Gasteiger partial charge in [0.25, 0.3) is 5.91 Å². The van der Waals surface area contributed by atoms with Crippen molar-refractivity contribution in [1.29, 1.82) is 0 Å². The molecule has 3 heteroatoms. The fraction of sp³-hybridized carbons (Fsp3) is 0.250. The van der Waals surface area contributed by atoms with Crippen molar-refractivity contribution in [2.75, 3.05) is 13.1 Å². The van der Waals surface area contributed by atoms with Crippen LogP contribution in [0.1, 0.15) is 0 Å². The Hall–Kier alpha value is -1.77. The predicted octanol–water partition coefficient (Wildman–Crippen LogP) is 1.46. The number of hydrogen-bond acceptors (Lipinski definition) is 2. The molecular formula is C12H13NO2. The van der Waals surface area contributed by atoms with E-state index in [4.69, 9.17) is 4.74 Å². The minimum Gasteiger partial charge on any atom is -0.479 e. The molecule has 0 unspecified atom stereocenters. The van der Waals surface area contributed by atoms with Gasteiger partial charge in [-0.1, -0.05) is 24.3 Å². The second-order valence-electron chi connectivity index (χ2n) is 3.45. The van der Waals surface area contributed by atoms with Crippen LogP contribution in [0.25, 0.3) is 0 Å². The lowest BCUT2D eigenvalue weighted by molar-refractivity contribution is -0.152. The van der Waals surface area contributed by atoms with E-state index in [-0.39, 0.29) is 12.0 Å². The van der Waals surface area contributed by atoms with Crippen LogP contribution in [0.2, 0.25) is 0 Å². The molecule has 1 atom stereocenters. The standard InChI is InChI=1S/C12H13NO2/c1-2-8-13-9-11(12(13)14)15-10-6-4-3-5-7-10/h2-7,11H,1,8-9H2/t11-/m1/s1. The van der Waals surface area contributed by atoms with E-state index in [2.05, 4.69) is 6.58 Å². The topological polar surface area (TPSA) is 29.5 Å². The zero-order chi connectivity index (χ0) is 10.7. The van der Waals surface area contributed by atoms with Gasteiger partial charge in [0.2, 0.25) is 0 Å². The lowest BCUT2D eigenvalue weighted by Gasteiger charge is -2.37. The van der Waals surface area contributed by atoms with Crippen LogP contribution in [0.5, 0.6) is 5.75 Å². The van der Waals surface area contributed by atoms with E-state index in [1.165, 1.54) is 0 Å². The summed E-state index contributed by atoms with van der Waals surface area (Å²) in [5.74, 6) is 0.785. The Kier molecular flexibility index (Phi) is 2.72. The summed E-state index contributed by atoms with van der Waals surface area (Å²) in [6.07, 6.45) is 1.41. The summed E-state index contributed by atoms with van der Waals surface area (Å²) in [5.41, 5.74) is 0. The van der Waals surface area contributed by atoms with Gasteiger partial charge in [-0.2, -0.15) is 0 Å². The number of hydrogen-bond donors (Lipinski definition) is 0. The summed E-state index contributed by atoms with van der Waals surface area (Å²) < 4.78 is 5.51. The third-order valence-corrected chi connectivity index (χ3v) is 2.34. The number of ether oxygens (including phenoxy) is 1. The van der Waals surface area contributed by atoms with Crippen LogP contribution in [0, 0.1) is 0 Å². The van der Waals surface area contributed by atoms with E-state index in [1.807, 2.05) is 30.3 Å². The van der Waals surface area contributed by atoms with Gasteiger partial charge in [-0.05, 0) is 12.1 Å². The molecule has 1 amide bonds. The molecule has 1 aliphatic heterocycles. The quantitative estimate of drug-likeness (QED) is 0.547. The van der Waals surface area contributed by atoms with Crippen molar-refractivity contribution in [3.8, 4) is 5.75 Å². The number of β-lactam (4-membered cyclic amide) rings is 1. The monoisotopic (exact) mass is 203 g/mol. The molecule has 0 aliphatic carbocycles. The lowest BCUT2D eigenvalue weighted by Crippen LogP contribution is -2.58. The number of amides is 1. The number of rotatable bonds is 4. The fourth-order valence-corrected chi connectivity index (χ4v) is 1.53. The number of carbonyl (C=O) groups excluding carboxylic acids is 1. The molecule has 15 heavy (non-hydrogen) atoms. The summed E-state index contributed by atoms with van der Waals surface area (Å²) in [6, 6.07) is 9.40. The van der Waals surface area contributed by atoms with Crippen molar-refractivity contribution in [1.82, 2.24) is 4.90 Å². The number of carbonyl (C=O) groups is 1. The summed E-state index contributed by atoms with van der Waals surface area (Å²) in [6.45, 7) is 4.85. The van der Waals surface area contributed by atoms with Crippen LogP contribution < -0.4 is 4.74 Å². The molecule has 0 bridgehead atoms. The molecule has 2 rings (SSSR count). The van der Waals surface area contributed by atoms with Gasteiger partial charge < -0.3 is 9.64 Å². The van der Waals surface area contributed by atoms with E-state index in [9.17, 15) is 4.79 Å². The zero-order valence-electron chi connectivity index (χ0n) is 8.43. The Morgan fingerprint density at radius 2 is 2.20 bits per heavy atom. The minimum absolute atomic E-state index is 0.0405. The van der Waals surface area contributed by atoms with E-state index >= 15 is 0 Å². The molecule has 3 nitrogen and oxygen atoms in total. The fourth-order valence-electron chi connectivity index (χ4n) is 1.53. The third-order valence-electron chi connectivity index (χ3n) is 2.34. The zero-order valence-corrected chi connectivity index (χ0v) is 8.43. The lowest BCUT2D eigenvalue weighted by atomic mass is 10.1. The highest BCUT2D eigenvalue weighted by atomic mass is 16.5. The van der Waals surface area contributed by atoms with Crippen molar-refractivity contribution >= 4 is 5.91 Å². The summed E-state index contributed by atoms with van der Waals surface area (Å²) in [5, 5.41) is 0. The molecule has 0 radical (unpaired) electrons. The molecule has 1 aromatic rings. The first-order chi connectivity index (χ1) is 7.31. The number of likely N-dealkylation sites (tertiary alicyclic amines) is 1. The van der Waals surface area contributed by atoms with Gasteiger partial charge in [0, 0.05) is 6.54 Å². The molecule has 78 valence electrons. The molecule has 0 saturated carbocycles. The smallest absolute Gasteiger partial charge is 0.265 e. The first-order valence-corrected chi connectivity index (χ1v) is 4.92. The van der Waals surface area contributed by atoms with Gasteiger partial charge in [0.1, 0.15) is 5.75 Å². The minimum atomic E-state index is -0.313. The second-order valence-corrected chi connectivity index (χ2v) is 3.45. The summed E-state index contributed by atoms with van der Waals surface area (Å²) in [7, 11) is 0. The number of para-hydroxylation sites is 1. The Balaban J connectivity index is 1.89. The van der Waals surface area contributed by atoms with Crippen molar-refractivity contribution in [2.45, 2.75) is 6.10 Å². The van der Waals surface area contributed by atoms with Crippen LogP contribution in [-0.2, 0) is 4.79 Å². The van der Waals surface area contributed by atoms with Crippen molar-refractivity contribution < 1.29 is 9.53 Å². The Bertz CT molecular complexity index is 361. The molecule has 0 aromatic heterocycles. The van der Waals surface area contributed by atoms with E-state index in [0.717, 1.165) is 5.75 Å². The van der Waals surface area contributed by atoms with E-state index < -0.39 is 0 Å². The van der Waals surface area contributed by atoms with Crippen molar-refractivity contribution in [3.63, 3.8) is 0 Å². The Morgan fingerprint density at radius 3 is 2.80 bits per heavy atom. The van der Waals surface area contributed by atoms with Gasteiger partial charge in [0.15, 0.2) is 6.10 Å². The highest BCUT2D eigenvalue weighted by molar-refractivity contribution is 5.87. The third kappa shape index (κ3) is 2.01. The van der Waals surface area contributed by atoms with E-state index in [0.29, 0.717) is 13.1 Å². The van der Waals surface area contributed by atoms with Crippen LogP contribution >= 0.6 is 0 Å². The highest BCUT2D eigenvalue weighted by Crippen LogP contribution is 2.18. The molecule has 1 heterocycles. The number of benzene rings is 1. The molecule has 1 aliphatic rings. The van der Waals surface area contributed by atoms with Gasteiger partial charge in [-0.3, -0.25) is 4.79 Å². The van der Waals surface area contributed by atoms with Crippen LogP contribution in [0.15, 0.2) is 43.0 Å². The highest BCUT2D eigenvalue weighted by Gasteiger charge is 2.37. The molecule has 1 saturated heterocycles. The first-order valence-electron chi connectivity index (χ1n) is 4.92. The summed E-state index contributed by atoms with van der Waals surface area (Å²) in [4.78, 5) is 13.2. The SMILES string of the molecule is C=CCN1C[C@@H](Oc2ccccc2)C1=O. The van der Waals surface area contributed by atoms with Crippen LogP contribution in [0.3, 0.4) is 0 Å². The molecule has 1 fully saturated rings. The van der Waals surface area contributed by atoms with Crippen LogP contribution in [-0.4, -0.2) is 30.0 Å². The predicted molar refractivity (Wildman–Crippen MR) is 57.6 cm³/mol. The van der Waals surface area contributed by atoms with Gasteiger partial charge in [-0.25, -0.2) is 0 Å². The average Bonchev–Trinajstić information content (AvgIpc) is 2.29. The molecular weight excluding hydrogens is 190 g/mol.